The van der Waals surface area contributed by atoms with Crippen molar-refractivity contribution >= 4 is 39.4 Å². The van der Waals surface area contributed by atoms with Gasteiger partial charge in [-0.25, -0.2) is 4.98 Å². The van der Waals surface area contributed by atoms with Crippen molar-refractivity contribution in [1.29, 1.82) is 0 Å². The van der Waals surface area contributed by atoms with E-state index in [1.807, 2.05) is 56.3 Å². The molecule has 4 rings (SSSR count). The largest absolute Gasteiger partial charge is 0.360 e. The number of ketones is 1. The van der Waals surface area contributed by atoms with Gasteiger partial charge >= 0.3 is 0 Å². The summed E-state index contributed by atoms with van der Waals surface area (Å²) < 4.78 is 1.72. The van der Waals surface area contributed by atoms with Gasteiger partial charge in [0.1, 0.15) is 0 Å². The van der Waals surface area contributed by atoms with Crippen LogP contribution in [-0.4, -0.2) is 26.1 Å². The van der Waals surface area contributed by atoms with Crippen molar-refractivity contribution in [3.63, 3.8) is 0 Å². The molecule has 2 heterocycles. The smallest absolute Gasteiger partial charge is 0.262 e. The van der Waals surface area contributed by atoms with Crippen LogP contribution in [0.15, 0.2) is 64.7 Å². The molecule has 4 aromatic rings. The molecule has 1 atom stereocenters. The number of nitrogens with one attached hydrogen (secondary N) is 1. The van der Waals surface area contributed by atoms with Crippen molar-refractivity contribution in [3.8, 4) is 0 Å². The van der Waals surface area contributed by atoms with E-state index in [2.05, 4.69) is 9.97 Å². The normalized spacial score (nSPS) is 12.5. The predicted molar refractivity (Wildman–Crippen MR) is 114 cm³/mol. The Morgan fingerprint density at radius 1 is 1.14 bits per heavy atom. The molecule has 5 nitrogen and oxygen atoms in total. The zero-order valence-corrected chi connectivity index (χ0v) is 16.6. The Labute approximate surface area is 166 Å². The summed E-state index contributed by atoms with van der Waals surface area (Å²) in [5.74, 6) is 0.240. The summed E-state index contributed by atoms with van der Waals surface area (Å²) in [6, 6.07) is 15.1. The van der Waals surface area contributed by atoms with Gasteiger partial charge in [-0.1, -0.05) is 49.0 Å². The number of thioether (sulfide) groups is 1. The second-order valence-corrected chi connectivity index (χ2v) is 7.75. The van der Waals surface area contributed by atoms with Crippen molar-refractivity contribution in [2.24, 2.45) is 0 Å². The van der Waals surface area contributed by atoms with Gasteiger partial charge in [0.05, 0.1) is 16.7 Å². The van der Waals surface area contributed by atoms with E-state index >= 15 is 0 Å². The highest BCUT2D eigenvalue weighted by Crippen LogP contribution is 2.25. The molecule has 0 saturated carbocycles. The fourth-order valence-corrected chi connectivity index (χ4v) is 4.29. The highest BCUT2D eigenvalue weighted by atomic mass is 32.2. The number of rotatable bonds is 6. The van der Waals surface area contributed by atoms with Crippen LogP contribution in [-0.2, 0) is 0 Å². The van der Waals surface area contributed by atoms with E-state index in [1.54, 1.807) is 16.8 Å². The van der Waals surface area contributed by atoms with E-state index in [-0.39, 0.29) is 23.1 Å². The van der Waals surface area contributed by atoms with Crippen LogP contribution in [0.4, 0.5) is 0 Å². The van der Waals surface area contributed by atoms with Gasteiger partial charge in [0, 0.05) is 28.7 Å². The first-order valence-electron chi connectivity index (χ1n) is 9.33. The Bertz CT molecular complexity index is 1230. The maximum Gasteiger partial charge on any atom is 0.262 e. The number of nitrogens with zero attached hydrogens (tertiary/aromatic N) is 2. The zero-order chi connectivity index (χ0) is 19.7. The molecule has 2 aromatic carbocycles. The third-order valence-electron chi connectivity index (χ3n) is 5.03. The van der Waals surface area contributed by atoms with E-state index in [9.17, 15) is 9.59 Å². The van der Waals surface area contributed by atoms with Crippen LogP contribution in [0.1, 0.15) is 36.7 Å². The van der Waals surface area contributed by atoms with Crippen LogP contribution in [0.2, 0.25) is 0 Å². The van der Waals surface area contributed by atoms with Crippen LogP contribution in [0, 0.1) is 0 Å². The molecular weight excluding hydrogens is 370 g/mol. The third-order valence-corrected chi connectivity index (χ3v) is 5.98. The van der Waals surface area contributed by atoms with Gasteiger partial charge in [0.2, 0.25) is 0 Å². The van der Waals surface area contributed by atoms with E-state index in [0.29, 0.717) is 21.6 Å². The lowest BCUT2D eigenvalue weighted by Crippen LogP contribution is -2.26. The van der Waals surface area contributed by atoms with Gasteiger partial charge in [-0.05, 0) is 31.5 Å². The topological polar surface area (TPSA) is 67.8 Å². The lowest BCUT2D eigenvalue weighted by atomic mass is 10.1. The molecule has 2 aromatic heterocycles. The van der Waals surface area contributed by atoms with Crippen LogP contribution in [0.5, 0.6) is 0 Å². The number of carbonyl (C=O) groups is 1. The van der Waals surface area contributed by atoms with E-state index in [1.165, 1.54) is 11.8 Å². The fourth-order valence-electron chi connectivity index (χ4n) is 3.31. The Balaban J connectivity index is 1.69. The molecule has 0 unspecified atom stereocenters. The summed E-state index contributed by atoms with van der Waals surface area (Å²) in [7, 11) is 0. The molecule has 142 valence electrons. The number of para-hydroxylation sites is 2. The van der Waals surface area contributed by atoms with Crippen molar-refractivity contribution in [1.82, 2.24) is 14.5 Å². The number of aromatic amines is 1. The fraction of sp³-hybridized carbons (Fsp3) is 0.227. The second-order valence-electron chi connectivity index (χ2n) is 6.80. The van der Waals surface area contributed by atoms with Gasteiger partial charge in [-0.2, -0.15) is 0 Å². The van der Waals surface area contributed by atoms with E-state index in [0.717, 1.165) is 17.3 Å². The second kappa shape index (κ2) is 7.64. The van der Waals surface area contributed by atoms with Crippen molar-refractivity contribution < 1.29 is 4.79 Å². The first kappa shape index (κ1) is 18.5. The van der Waals surface area contributed by atoms with Gasteiger partial charge in [-0.3, -0.25) is 14.2 Å². The average Bonchev–Trinajstić information content (AvgIpc) is 3.16. The van der Waals surface area contributed by atoms with Crippen molar-refractivity contribution in [3.05, 3.63) is 70.6 Å². The van der Waals surface area contributed by atoms with Gasteiger partial charge in [-0.15, -0.1) is 0 Å². The molecule has 0 spiro atoms. The molecular formula is C22H21N3O2S. The molecule has 0 bridgehead atoms. The number of aromatic nitrogens is 3. The summed E-state index contributed by atoms with van der Waals surface area (Å²) in [5.41, 5.74) is 2.22. The molecule has 6 heteroatoms. The number of hydrogen-bond acceptors (Lipinski definition) is 4. The molecule has 0 amide bonds. The Kier molecular flexibility index (Phi) is 5.05. The highest BCUT2D eigenvalue weighted by Gasteiger charge is 2.18. The zero-order valence-electron chi connectivity index (χ0n) is 15.8. The summed E-state index contributed by atoms with van der Waals surface area (Å²) in [6.45, 7) is 4.04. The summed E-state index contributed by atoms with van der Waals surface area (Å²) in [4.78, 5) is 33.7. The lowest BCUT2D eigenvalue weighted by molar-refractivity contribution is 0.102. The number of fused-ring (bicyclic) bond motifs is 2. The summed E-state index contributed by atoms with van der Waals surface area (Å²) in [5, 5.41) is 2.11. The van der Waals surface area contributed by atoms with Gasteiger partial charge < -0.3 is 4.98 Å². The molecule has 0 aliphatic carbocycles. The Morgan fingerprint density at radius 3 is 2.64 bits per heavy atom. The first-order valence-corrected chi connectivity index (χ1v) is 10.3. The quantitative estimate of drug-likeness (QED) is 0.291. The van der Waals surface area contributed by atoms with Gasteiger partial charge in [0.15, 0.2) is 10.9 Å². The SMILES string of the molecule is CC[C@@H](C)n1c(SCC(=O)c2c[nH]c3ccccc23)nc2ccccc2c1=O. The van der Waals surface area contributed by atoms with Crippen molar-refractivity contribution in [2.45, 2.75) is 31.5 Å². The maximum absolute atomic E-state index is 13.0. The van der Waals surface area contributed by atoms with Gasteiger partial charge in [0.25, 0.3) is 5.56 Å². The lowest BCUT2D eigenvalue weighted by Gasteiger charge is -2.18. The molecule has 0 radical (unpaired) electrons. The number of hydrogen-bond donors (Lipinski definition) is 1. The molecule has 1 N–H and O–H groups in total. The monoisotopic (exact) mass is 391 g/mol. The minimum atomic E-state index is -0.0537. The Hall–Kier alpha value is -2.86. The van der Waals surface area contributed by atoms with Crippen LogP contribution >= 0.6 is 11.8 Å². The minimum absolute atomic E-state index is 0.00953. The van der Waals surface area contributed by atoms with Crippen LogP contribution < -0.4 is 5.56 Å². The van der Waals surface area contributed by atoms with Crippen LogP contribution in [0.25, 0.3) is 21.8 Å². The van der Waals surface area contributed by atoms with E-state index in [4.69, 9.17) is 0 Å². The summed E-state index contributed by atoms with van der Waals surface area (Å²) >= 11 is 1.32. The van der Waals surface area contributed by atoms with Crippen LogP contribution in [0.3, 0.4) is 0 Å². The number of Topliss-reactive ketones (excluding diaryl/α,β-unsaturated/α-hetero) is 1. The number of carbonyl (C=O) groups excluding carboxylic acids is 1. The Morgan fingerprint density at radius 2 is 1.86 bits per heavy atom. The first-order chi connectivity index (χ1) is 13.6. The molecule has 0 fully saturated rings. The number of benzene rings is 2. The highest BCUT2D eigenvalue weighted by molar-refractivity contribution is 7.99. The average molecular weight is 391 g/mol. The number of H-pyrrole nitrogens is 1. The van der Waals surface area contributed by atoms with E-state index < -0.39 is 0 Å². The third kappa shape index (κ3) is 3.24. The predicted octanol–water partition coefficient (Wildman–Crippen LogP) is 4.82. The molecule has 28 heavy (non-hydrogen) atoms. The molecule has 0 aliphatic heterocycles. The summed E-state index contributed by atoms with van der Waals surface area (Å²) in [6.07, 6.45) is 2.56. The van der Waals surface area contributed by atoms with Crippen molar-refractivity contribution in [2.75, 3.05) is 5.75 Å². The molecule has 0 saturated heterocycles. The maximum atomic E-state index is 13.0. The minimum Gasteiger partial charge on any atom is -0.360 e. The standard InChI is InChI=1S/C22H21N3O2S/c1-3-14(2)25-21(27)16-9-5-7-11-19(16)24-22(25)28-13-20(26)17-12-23-18-10-6-4-8-15(17)18/h4-12,14,23H,3,13H2,1-2H3/t14-/m1/s1. The molecule has 0 aliphatic rings.